The molecule has 1 atom stereocenters. The van der Waals surface area contributed by atoms with Gasteiger partial charge in [0.2, 0.25) is 0 Å². The van der Waals surface area contributed by atoms with E-state index in [1.54, 1.807) is 11.8 Å². The third-order valence-corrected chi connectivity index (χ3v) is 3.12. The summed E-state index contributed by atoms with van der Waals surface area (Å²) < 4.78 is 0.921. The van der Waals surface area contributed by atoms with Gasteiger partial charge >= 0.3 is 5.97 Å². The van der Waals surface area contributed by atoms with Crippen LogP contribution in [0.1, 0.15) is 18.0 Å². The molecule has 0 aliphatic carbocycles. The van der Waals surface area contributed by atoms with E-state index in [0.717, 1.165) is 14.9 Å². The van der Waals surface area contributed by atoms with Gasteiger partial charge in [-0.1, -0.05) is 15.9 Å². The van der Waals surface area contributed by atoms with Crippen LogP contribution in [0, 0.1) is 0 Å². The molecule has 3 N–H and O–H groups in total. The molecule has 0 aliphatic rings. The first-order valence-electron chi connectivity index (χ1n) is 4.34. The molecule has 82 valence electrons. The lowest BCUT2D eigenvalue weighted by Gasteiger charge is -2.11. The molecular formula is C10H12BrNO2S. The fourth-order valence-corrected chi connectivity index (χ4v) is 2.38. The number of carboxylic acids is 1. The zero-order chi connectivity index (χ0) is 11.4. The van der Waals surface area contributed by atoms with E-state index in [-0.39, 0.29) is 6.42 Å². The maximum atomic E-state index is 10.5. The summed E-state index contributed by atoms with van der Waals surface area (Å²) in [6.07, 6.45) is 1.92. The van der Waals surface area contributed by atoms with Gasteiger partial charge in [-0.05, 0) is 30.0 Å². The highest BCUT2D eigenvalue weighted by Gasteiger charge is 2.11. The third kappa shape index (κ3) is 3.85. The van der Waals surface area contributed by atoms with E-state index in [1.807, 2.05) is 24.5 Å². The van der Waals surface area contributed by atoms with Crippen molar-refractivity contribution < 1.29 is 9.90 Å². The highest BCUT2D eigenvalue weighted by atomic mass is 79.9. The Bertz CT molecular complexity index is 370. The smallest absolute Gasteiger partial charge is 0.305 e. The number of rotatable bonds is 4. The van der Waals surface area contributed by atoms with E-state index in [4.69, 9.17) is 10.8 Å². The van der Waals surface area contributed by atoms with E-state index in [2.05, 4.69) is 15.9 Å². The number of aliphatic carboxylic acids is 1. The van der Waals surface area contributed by atoms with Crippen LogP contribution >= 0.6 is 27.7 Å². The minimum atomic E-state index is -0.881. The number of hydrogen-bond donors (Lipinski definition) is 2. The van der Waals surface area contributed by atoms with Crippen LogP contribution in [0.25, 0.3) is 0 Å². The molecule has 1 rings (SSSR count). The minimum absolute atomic E-state index is 0.0513. The molecule has 15 heavy (non-hydrogen) atoms. The first kappa shape index (κ1) is 12.5. The second kappa shape index (κ2) is 5.53. The molecule has 3 nitrogen and oxygen atoms in total. The fourth-order valence-electron chi connectivity index (χ4n) is 1.22. The van der Waals surface area contributed by atoms with Crippen LogP contribution in [0.2, 0.25) is 0 Å². The minimum Gasteiger partial charge on any atom is -0.481 e. The van der Waals surface area contributed by atoms with Gasteiger partial charge in [0, 0.05) is 15.4 Å². The van der Waals surface area contributed by atoms with Crippen LogP contribution in [0.4, 0.5) is 0 Å². The Morgan fingerprint density at radius 3 is 2.80 bits per heavy atom. The van der Waals surface area contributed by atoms with Gasteiger partial charge in [0.25, 0.3) is 0 Å². The summed E-state index contributed by atoms with van der Waals surface area (Å²) in [5.41, 5.74) is 6.62. The maximum absolute atomic E-state index is 10.5. The summed E-state index contributed by atoms with van der Waals surface area (Å²) >= 11 is 4.97. The Kier molecular flexibility index (Phi) is 4.63. The third-order valence-electron chi connectivity index (χ3n) is 1.95. The van der Waals surface area contributed by atoms with Crippen LogP contribution in [-0.4, -0.2) is 17.3 Å². The number of carboxylic acid groups (broad SMARTS) is 1. The molecule has 0 saturated heterocycles. The SMILES string of the molecule is CSc1cc(Br)cc(C(N)CC(=O)O)c1. The number of nitrogens with two attached hydrogens (primary N) is 1. The molecule has 0 fully saturated rings. The molecule has 0 aromatic heterocycles. The Morgan fingerprint density at radius 1 is 1.60 bits per heavy atom. The highest BCUT2D eigenvalue weighted by Crippen LogP contribution is 2.26. The number of benzene rings is 1. The predicted molar refractivity (Wildman–Crippen MR) is 65.1 cm³/mol. The van der Waals surface area contributed by atoms with Gasteiger partial charge in [0.1, 0.15) is 0 Å². The van der Waals surface area contributed by atoms with E-state index in [1.165, 1.54) is 0 Å². The monoisotopic (exact) mass is 289 g/mol. The van der Waals surface area contributed by atoms with Crippen molar-refractivity contribution in [2.45, 2.75) is 17.4 Å². The van der Waals surface area contributed by atoms with Crippen molar-refractivity contribution in [3.63, 3.8) is 0 Å². The second-order valence-electron chi connectivity index (χ2n) is 3.13. The summed E-state index contributed by atoms with van der Waals surface area (Å²) in [5, 5.41) is 8.64. The zero-order valence-electron chi connectivity index (χ0n) is 8.24. The van der Waals surface area contributed by atoms with Crippen LogP contribution in [0.3, 0.4) is 0 Å². The standard InChI is InChI=1S/C10H12BrNO2S/c1-15-8-3-6(2-7(11)4-8)9(12)5-10(13)14/h2-4,9H,5,12H2,1H3,(H,13,14). The van der Waals surface area contributed by atoms with E-state index in [9.17, 15) is 4.79 Å². The molecule has 0 aliphatic heterocycles. The van der Waals surface area contributed by atoms with Crippen LogP contribution in [-0.2, 0) is 4.79 Å². The molecule has 1 aromatic rings. The fraction of sp³-hybridized carbons (Fsp3) is 0.300. The van der Waals surface area contributed by atoms with E-state index in [0.29, 0.717) is 0 Å². The lowest BCUT2D eigenvalue weighted by molar-refractivity contribution is -0.137. The summed E-state index contributed by atoms with van der Waals surface area (Å²) in [4.78, 5) is 11.6. The molecule has 0 saturated carbocycles. The molecule has 0 spiro atoms. The van der Waals surface area contributed by atoms with Crippen molar-refractivity contribution in [2.24, 2.45) is 5.73 Å². The summed E-state index contributed by atoms with van der Waals surface area (Å²) in [6.45, 7) is 0. The number of carbonyl (C=O) groups is 1. The van der Waals surface area contributed by atoms with Crippen molar-refractivity contribution in [3.05, 3.63) is 28.2 Å². The highest BCUT2D eigenvalue weighted by molar-refractivity contribution is 9.10. The molecule has 0 amide bonds. The lowest BCUT2D eigenvalue weighted by Crippen LogP contribution is -2.15. The number of thioether (sulfide) groups is 1. The van der Waals surface area contributed by atoms with Gasteiger partial charge in [0.15, 0.2) is 0 Å². The van der Waals surface area contributed by atoms with Crippen molar-refractivity contribution in [1.82, 2.24) is 0 Å². The van der Waals surface area contributed by atoms with E-state index < -0.39 is 12.0 Å². The lowest BCUT2D eigenvalue weighted by atomic mass is 10.1. The van der Waals surface area contributed by atoms with Crippen molar-refractivity contribution in [3.8, 4) is 0 Å². The molecule has 0 bridgehead atoms. The number of halogens is 1. The van der Waals surface area contributed by atoms with Crippen LogP contribution in [0.5, 0.6) is 0 Å². The maximum Gasteiger partial charge on any atom is 0.305 e. The van der Waals surface area contributed by atoms with Crippen LogP contribution < -0.4 is 5.73 Å². The van der Waals surface area contributed by atoms with Gasteiger partial charge in [-0.3, -0.25) is 4.79 Å². The van der Waals surface area contributed by atoms with Gasteiger partial charge in [-0.15, -0.1) is 11.8 Å². The Labute approximate surface area is 101 Å². The molecule has 1 aromatic carbocycles. The Morgan fingerprint density at radius 2 is 2.27 bits per heavy atom. The molecule has 5 heteroatoms. The normalized spacial score (nSPS) is 12.5. The number of hydrogen-bond acceptors (Lipinski definition) is 3. The van der Waals surface area contributed by atoms with Gasteiger partial charge < -0.3 is 10.8 Å². The molecule has 0 radical (unpaired) electrons. The van der Waals surface area contributed by atoms with E-state index >= 15 is 0 Å². The van der Waals surface area contributed by atoms with Gasteiger partial charge in [0.05, 0.1) is 6.42 Å². The zero-order valence-corrected chi connectivity index (χ0v) is 10.6. The molecule has 0 heterocycles. The Hall–Kier alpha value is -0.520. The van der Waals surface area contributed by atoms with Crippen LogP contribution in [0.15, 0.2) is 27.6 Å². The summed E-state index contributed by atoms with van der Waals surface area (Å²) in [6, 6.07) is 5.30. The van der Waals surface area contributed by atoms with Crippen molar-refractivity contribution >= 4 is 33.7 Å². The van der Waals surface area contributed by atoms with Crippen molar-refractivity contribution in [1.29, 1.82) is 0 Å². The average molecular weight is 290 g/mol. The molecular weight excluding hydrogens is 278 g/mol. The predicted octanol–water partition coefficient (Wildman–Crippen LogP) is 2.65. The largest absolute Gasteiger partial charge is 0.481 e. The topological polar surface area (TPSA) is 63.3 Å². The quantitative estimate of drug-likeness (QED) is 0.837. The average Bonchev–Trinajstić information content (AvgIpc) is 2.15. The summed E-state index contributed by atoms with van der Waals surface area (Å²) in [5.74, 6) is -0.881. The molecule has 1 unspecified atom stereocenters. The summed E-state index contributed by atoms with van der Waals surface area (Å²) in [7, 11) is 0. The van der Waals surface area contributed by atoms with Gasteiger partial charge in [-0.25, -0.2) is 0 Å². The first-order chi connectivity index (χ1) is 7.02. The second-order valence-corrected chi connectivity index (χ2v) is 4.92. The van der Waals surface area contributed by atoms with Crippen molar-refractivity contribution in [2.75, 3.05) is 6.26 Å². The first-order valence-corrected chi connectivity index (χ1v) is 6.36. The van der Waals surface area contributed by atoms with Gasteiger partial charge in [-0.2, -0.15) is 0 Å². The Balaban J connectivity index is 2.92.